The Labute approximate surface area is 125 Å². The topological polar surface area (TPSA) is 32.3 Å². The average Bonchev–Trinajstić information content (AvgIpc) is 2.81. The predicted octanol–water partition coefficient (Wildman–Crippen LogP) is 3.89. The molecule has 0 aromatic heterocycles. The third-order valence-corrected chi connectivity index (χ3v) is 5.08. The van der Waals surface area contributed by atoms with Crippen LogP contribution >= 0.6 is 0 Å². The number of fused-ring (bicyclic) bond motifs is 3. The van der Waals surface area contributed by atoms with Crippen molar-refractivity contribution in [1.82, 2.24) is 5.32 Å². The van der Waals surface area contributed by atoms with E-state index >= 15 is 0 Å². The Morgan fingerprint density at radius 3 is 2.86 bits per heavy atom. The maximum absolute atomic E-state index is 9.86. The first kappa shape index (κ1) is 12.9. The highest BCUT2D eigenvalue weighted by Gasteiger charge is 2.42. The molecule has 1 heterocycles. The Kier molecular flexibility index (Phi) is 3.00. The van der Waals surface area contributed by atoms with Gasteiger partial charge in [-0.15, -0.1) is 0 Å². The van der Waals surface area contributed by atoms with Crippen LogP contribution in [0.15, 0.2) is 42.5 Å². The Bertz CT molecular complexity index is 679. The lowest BCUT2D eigenvalue weighted by molar-refractivity contribution is 0.286. The molecule has 0 spiro atoms. The normalized spacial score (nSPS) is 27.2. The molecule has 0 bridgehead atoms. The first-order valence-corrected chi connectivity index (χ1v) is 7.87. The maximum atomic E-state index is 9.86. The van der Waals surface area contributed by atoms with Crippen molar-refractivity contribution in [2.24, 2.45) is 5.92 Å². The van der Waals surface area contributed by atoms with Crippen LogP contribution in [-0.4, -0.2) is 11.7 Å². The van der Waals surface area contributed by atoms with Crippen molar-refractivity contribution in [3.05, 3.63) is 64.7 Å². The molecular weight excluding hydrogens is 258 g/mol. The smallest absolute Gasteiger partial charge is 0.115 e. The minimum Gasteiger partial charge on any atom is -0.508 e. The number of nitrogens with one attached hydrogen (secondary N) is 1. The van der Waals surface area contributed by atoms with Crippen LogP contribution in [0, 0.1) is 12.8 Å². The van der Waals surface area contributed by atoms with Crippen LogP contribution in [0.2, 0.25) is 0 Å². The third-order valence-electron chi connectivity index (χ3n) is 5.08. The van der Waals surface area contributed by atoms with E-state index in [2.05, 4.69) is 42.6 Å². The summed E-state index contributed by atoms with van der Waals surface area (Å²) in [5, 5.41) is 13.5. The van der Waals surface area contributed by atoms with E-state index in [1.165, 1.54) is 35.1 Å². The standard InChI is InChI=1S/C19H21NO/c1-12-4-2-5-13(10-12)18-15-8-7-14(21)11-17(15)19-16(18)6-3-9-20-19/h2,4-5,7-8,10-11,16,18-21H,3,6,9H2,1H3. The van der Waals surface area contributed by atoms with E-state index in [0.717, 1.165) is 6.54 Å². The highest BCUT2D eigenvalue weighted by Crippen LogP contribution is 2.52. The predicted molar refractivity (Wildman–Crippen MR) is 84.6 cm³/mol. The number of phenols is 1. The molecule has 1 saturated heterocycles. The number of phenolic OH excluding ortho intramolecular Hbond substituents is 1. The van der Waals surface area contributed by atoms with Crippen LogP contribution in [0.4, 0.5) is 0 Å². The van der Waals surface area contributed by atoms with Crippen molar-refractivity contribution in [2.45, 2.75) is 31.7 Å². The lowest BCUT2D eigenvalue weighted by Gasteiger charge is -2.31. The second kappa shape index (κ2) is 4.88. The lowest BCUT2D eigenvalue weighted by Crippen LogP contribution is -2.32. The summed E-state index contributed by atoms with van der Waals surface area (Å²) in [7, 11) is 0. The van der Waals surface area contributed by atoms with Gasteiger partial charge in [0.1, 0.15) is 5.75 Å². The zero-order chi connectivity index (χ0) is 14.4. The van der Waals surface area contributed by atoms with Crippen molar-refractivity contribution in [1.29, 1.82) is 0 Å². The van der Waals surface area contributed by atoms with Crippen LogP contribution in [-0.2, 0) is 0 Å². The molecule has 0 amide bonds. The summed E-state index contributed by atoms with van der Waals surface area (Å²) in [6.45, 7) is 3.24. The van der Waals surface area contributed by atoms with Crippen molar-refractivity contribution in [3.8, 4) is 5.75 Å². The highest BCUT2D eigenvalue weighted by molar-refractivity contribution is 5.49. The fourth-order valence-electron chi connectivity index (χ4n) is 4.25. The second-order valence-electron chi connectivity index (χ2n) is 6.44. The number of benzene rings is 2. The SMILES string of the molecule is Cc1cccc(C2c3ccc(O)cc3C3NCCCC32)c1. The number of rotatable bonds is 1. The molecule has 2 nitrogen and oxygen atoms in total. The molecule has 1 aliphatic carbocycles. The number of piperidine rings is 1. The molecule has 21 heavy (non-hydrogen) atoms. The molecule has 2 N–H and O–H groups in total. The van der Waals surface area contributed by atoms with Gasteiger partial charge in [-0.25, -0.2) is 0 Å². The van der Waals surface area contributed by atoms with Gasteiger partial charge in [-0.2, -0.15) is 0 Å². The zero-order valence-corrected chi connectivity index (χ0v) is 12.3. The summed E-state index contributed by atoms with van der Waals surface area (Å²) in [4.78, 5) is 0. The molecular formula is C19H21NO. The molecule has 108 valence electrons. The van der Waals surface area contributed by atoms with Gasteiger partial charge in [-0.1, -0.05) is 35.9 Å². The van der Waals surface area contributed by atoms with E-state index in [9.17, 15) is 5.11 Å². The molecule has 1 fully saturated rings. The Hall–Kier alpha value is -1.80. The van der Waals surface area contributed by atoms with Gasteiger partial charge >= 0.3 is 0 Å². The first-order valence-electron chi connectivity index (χ1n) is 7.87. The second-order valence-corrected chi connectivity index (χ2v) is 6.44. The fourth-order valence-corrected chi connectivity index (χ4v) is 4.25. The van der Waals surface area contributed by atoms with E-state index in [1.54, 1.807) is 0 Å². The van der Waals surface area contributed by atoms with Crippen molar-refractivity contribution >= 4 is 0 Å². The van der Waals surface area contributed by atoms with Crippen molar-refractivity contribution in [3.63, 3.8) is 0 Å². The zero-order valence-electron chi connectivity index (χ0n) is 12.3. The van der Waals surface area contributed by atoms with Crippen LogP contribution in [0.25, 0.3) is 0 Å². The molecule has 3 unspecified atom stereocenters. The van der Waals surface area contributed by atoms with Gasteiger partial charge in [0.2, 0.25) is 0 Å². The molecule has 2 aliphatic rings. The van der Waals surface area contributed by atoms with Crippen molar-refractivity contribution in [2.75, 3.05) is 6.54 Å². The minimum atomic E-state index is 0.379. The van der Waals surface area contributed by atoms with E-state index < -0.39 is 0 Å². The van der Waals surface area contributed by atoms with Crippen molar-refractivity contribution < 1.29 is 5.11 Å². The van der Waals surface area contributed by atoms with Gasteiger partial charge in [0.15, 0.2) is 0 Å². The van der Waals surface area contributed by atoms with Gasteiger partial charge in [0, 0.05) is 12.0 Å². The minimum absolute atomic E-state index is 0.379. The quantitative estimate of drug-likeness (QED) is 0.830. The summed E-state index contributed by atoms with van der Waals surface area (Å²) in [6, 6.07) is 15.2. The molecule has 2 heteroatoms. The van der Waals surface area contributed by atoms with Crippen LogP contribution in [0.5, 0.6) is 5.75 Å². The van der Waals surface area contributed by atoms with Gasteiger partial charge in [0.05, 0.1) is 0 Å². The van der Waals surface area contributed by atoms with E-state index in [-0.39, 0.29) is 0 Å². The molecule has 0 radical (unpaired) electrons. The Morgan fingerprint density at radius 2 is 2.00 bits per heavy atom. The number of hydrogen-bond acceptors (Lipinski definition) is 2. The lowest BCUT2D eigenvalue weighted by atomic mass is 9.80. The number of hydrogen-bond donors (Lipinski definition) is 2. The number of aryl methyl sites for hydroxylation is 1. The van der Waals surface area contributed by atoms with Gasteiger partial charge in [-0.3, -0.25) is 0 Å². The molecule has 2 aromatic carbocycles. The summed E-state index contributed by atoms with van der Waals surface area (Å²) < 4.78 is 0. The number of aromatic hydroxyl groups is 1. The monoisotopic (exact) mass is 279 g/mol. The van der Waals surface area contributed by atoms with Crippen LogP contribution < -0.4 is 5.32 Å². The Morgan fingerprint density at radius 1 is 1.10 bits per heavy atom. The van der Waals surface area contributed by atoms with Gasteiger partial charge in [0.25, 0.3) is 0 Å². The molecule has 2 aromatic rings. The highest BCUT2D eigenvalue weighted by atomic mass is 16.3. The average molecular weight is 279 g/mol. The fraction of sp³-hybridized carbons (Fsp3) is 0.368. The van der Waals surface area contributed by atoms with E-state index in [1.807, 2.05) is 12.1 Å². The van der Waals surface area contributed by atoms with Crippen LogP contribution in [0.1, 0.15) is 47.1 Å². The molecule has 0 saturated carbocycles. The Balaban J connectivity index is 1.86. The summed E-state index contributed by atoms with van der Waals surface area (Å²) in [5.74, 6) is 1.44. The maximum Gasteiger partial charge on any atom is 0.115 e. The largest absolute Gasteiger partial charge is 0.508 e. The first-order chi connectivity index (χ1) is 10.2. The molecule has 4 rings (SSSR count). The summed E-state index contributed by atoms with van der Waals surface area (Å²) in [5.41, 5.74) is 5.42. The van der Waals surface area contributed by atoms with E-state index in [0.29, 0.717) is 23.6 Å². The van der Waals surface area contributed by atoms with Gasteiger partial charge in [-0.05, 0) is 61.1 Å². The summed E-state index contributed by atoms with van der Waals surface area (Å²) >= 11 is 0. The third kappa shape index (κ3) is 2.06. The van der Waals surface area contributed by atoms with E-state index in [4.69, 9.17) is 0 Å². The molecule has 1 aliphatic heterocycles. The van der Waals surface area contributed by atoms with Crippen LogP contribution in [0.3, 0.4) is 0 Å². The van der Waals surface area contributed by atoms with Gasteiger partial charge < -0.3 is 10.4 Å². The summed E-state index contributed by atoms with van der Waals surface area (Å²) in [6.07, 6.45) is 2.50. The molecule has 3 atom stereocenters.